The van der Waals surface area contributed by atoms with Crippen LogP contribution < -0.4 is 19.6 Å². The van der Waals surface area contributed by atoms with Crippen molar-refractivity contribution in [2.24, 2.45) is 4.99 Å². The first-order valence-electron chi connectivity index (χ1n) is 14.6. The van der Waals surface area contributed by atoms with Gasteiger partial charge in [0.25, 0.3) is 11.5 Å². The van der Waals surface area contributed by atoms with Crippen molar-refractivity contribution < 1.29 is 23.8 Å². The van der Waals surface area contributed by atoms with Crippen LogP contribution in [0.15, 0.2) is 98.3 Å². The van der Waals surface area contributed by atoms with Gasteiger partial charge in [0, 0.05) is 30.3 Å². The van der Waals surface area contributed by atoms with Crippen molar-refractivity contribution in [3.8, 4) is 17.1 Å². The van der Waals surface area contributed by atoms with Gasteiger partial charge in [-0.25, -0.2) is 9.79 Å². The lowest BCUT2D eigenvalue weighted by molar-refractivity contribution is -0.127. The number of allylic oxidation sites excluding steroid dienone is 1. The van der Waals surface area contributed by atoms with E-state index in [0.717, 1.165) is 10.8 Å². The topological polar surface area (TPSA) is 114 Å². The maximum absolute atomic E-state index is 14.3. The smallest absolute Gasteiger partial charge is 0.335 e. The van der Waals surface area contributed by atoms with Crippen LogP contribution in [0.2, 0.25) is 0 Å². The standard InChI is InChI=1S/C35H31N3O6S/c1-5-37(6-2)33(40)29-20(3)36-35-38(31(29)30-25-13-8-7-10-21(25)14-16-27(30)43-4)32(39)28(45-35)19-24-15-17-26(44-24)22-11-9-12-23(18-22)34(41)42/h7-19,31H,5-6H2,1-4H3,(H,41,42)/b28-19+/t31-/m0/s1. The van der Waals surface area contributed by atoms with E-state index >= 15 is 0 Å². The van der Waals surface area contributed by atoms with Gasteiger partial charge in [0.2, 0.25) is 0 Å². The molecule has 45 heavy (non-hydrogen) atoms. The SMILES string of the molecule is CCN(CC)C(=O)C1=C(C)N=c2s/c(=C/c3ccc(-c4cccc(C(=O)O)c4)o3)c(=O)n2[C@@H]1c1c(OC)ccc2ccccc12. The van der Waals surface area contributed by atoms with E-state index in [0.29, 0.717) is 62.1 Å². The number of nitrogens with zero attached hydrogens (tertiary/aromatic N) is 3. The van der Waals surface area contributed by atoms with Crippen molar-refractivity contribution in [3.05, 3.63) is 121 Å². The second kappa shape index (κ2) is 12.0. The Kier molecular flexibility index (Phi) is 7.99. The quantitative estimate of drug-likeness (QED) is 0.254. The molecule has 5 aromatic rings. The molecule has 0 spiro atoms. The number of methoxy groups -OCH3 is 1. The summed E-state index contributed by atoms with van der Waals surface area (Å²) in [4.78, 5) is 46.8. The fourth-order valence-corrected chi connectivity index (χ4v) is 6.83. The van der Waals surface area contributed by atoms with Crippen LogP contribution in [-0.4, -0.2) is 46.6 Å². The zero-order valence-electron chi connectivity index (χ0n) is 25.2. The number of likely N-dealkylation sites (N-methyl/N-ethyl adjacent to an activating group) is 1. The van der Waals surface area contributed by atoms with Gasteiger partial charge in [0.15, 0.2) is 4.80 Å². The number of furan rings is 1. The molecule has 6 rings (SSSR count). The molecule has 10 heteroatoms. The zero-order valence-corrected chi connectivity index (χ0v) is 26.1. The van der Waals surface area contributed by atoms with E-state index in [-0.39, 0.29) is 17.0 Å². The lowest BCUT2D eigenvalue weighted by atomic mass is 9.90. The molecule has 0 fully saturated rings. The molecule has 228 valence electrons. The summed E-state index contributed by atoms with van der Waals surface area (Å²) in [5, 5.41) is 11.2. The third kappa shape index (κ3) is 5.27. The Morgan fingerprint density at radius 3 is 2.58 bits per heavy atom. The van der Waals surface area contributed by atoms with E-state index in [9.17, 15) is 19.5 Å². The number of hydrogen-bond donors (Lipinski definition) is 1. The van der Waals surface area contributed by atoms with E-state index < -0.39 is 12.0 Å². The Morgan fingerprint density at radius 1 is 1.07 bits per heavy atom. The van der Waals surface area contributed by atoms with Crippen LogP contribution in [-0.2, 0) is 4.79 Å². The molecule has 2 aromatic heterocycles. The lowest BCUT2D eigenvalue weighted by Gasteiger charge is -2.30. The number of aromatic carboxylic acids is 1. The number of hydrogen-bond acceptors (Lipinski definition) is 7. The zero-order chi connectivity index (χ0) is 31.8. The minimum absolute atomic E-state index is 0.146. The predicted molar refractivity (Wildman–Crippen MR) is 173 cm³/mol. The number of carboxylic acid groups (broad SMARTS) is 1. The highest BCUT2D eigenvalue weighted by molar-refractivity contribution is 7.07. The van der Waals surface area contributed by atoms with Crippen molar-refractivity contribution in [2.45, 2.75) is 26.8 Å². The summed E-state index contributed by atoms with van der Waals surface area (Å²) in [6.45, 7) is 6.67. The number of carbonyl (C=O) groups is 2. The van der Waals surface area contributed by atoms with Crippen molar-refractivity contribution in [2.75, 3.05) is 20.2 Å². The molecule has 1 atom stereocenters. The molecule has 0 radical (unpaired) electrons. The number of benzene rings is 3. The number of carboxylic acids is 1. The summed E-state index contributed by atoms with van der Waals surface area (Å²) in [7, 11) is 1.58. The largest absolute Gasteiger partial charge is 0.496 e. The highest BCUT2D eigenvalue weighted by Crippen LogP contribution is 2.40. The first-order valence-corrected chi connectivity index (χ1v) is 15.4. The highest BCUT2D eigenvalue weighted by Gasteiger charge is 2.36. The molecule has 3 aromatic carbocycles. The van der Waals surface area contributed by atoms with Crippen LogP contribution in [0.5, 0.6) is 5.75 Å². The summed E-state index contributed by atoms with van der Waals surface area (Å²) >= 11 is 1.21. The summed E-state index contributed by atoms with van der Waals surface area (Å²) in [5.74, 6) is 0.238. The van der Waals surface area contributed by atoms with Crippen molar-refractivity contribution in [1.82, 2.24) is 9.47 Å². The average molecular weight is 622 g/mol. The Labute approximate surface area is 262 Å². The van der Waals surface area contributed by atoms with Crippen LogP contribution in [0, 0.1) is 0 Å². The average Bonchev–Trinajstić information content (AvgIpc) is 3.64. The second-order valence-corrected chi connectivity index (χ2v) is 11.6. The number of aromatic nitrogens is 1. The lowest BCUT2D eigenvalue weighted by Crippen LogP contribution is -2.43. The van der Waals surface area contributed by atoms with Crippen LogP contribution in [0.3, 0.4) is 0 Å². The van der Waals surface area contributed by atoms with Crippen molar-refractivity contribution >= 4 is 40.1 Å². The van der Waals surface area contributed by atoms with Crippen LogP contribution in [0.4, 0.5) is 0 Å². The molecule has 1 aliphatic heterocycles. The maximum atomic E-state index is 14.3. The molecular formula is C35H31N3O6S. The monoisotopic (exact) mass is 621 g/mol. The van der Waals surface area contributed by atoms with Gasteiger partial charge in [-0.15, -0.1) is 0 Å². The van der Waals surface area contributed by atoms with Gasteiger partial charge in [-0.3, -0.25) is 14.2 Å². The third-order valence-electron chi connectivity index (χ3n) is 8.02. The molecule has 1 amide bonds. The molecule has 0 saturated heterocycles. The molecule has 3 heterocycles. The normalized spacial score (nSPS) is 14.8. The first kappa shape index (κ1) is 29.8. The van der Waals surface area contributed by atoms with Crippen LogP contribution in [0.25, 0.3) is 28.2 Å². The van der Waals surface area contributed by atoms with E-state index in [4.69, 9.17) is 14.1 Å². The third-order valence-corrected chi connectivity index (χ3v) is 9.00. The summed E-state index contributed by atoms with van der Waals surface area (Å²) < 4.78 is 13.9. The number of carbonyl (C=O) groups excluding carboxylic acids is 1. The Bertz CT molecular complexity index is 2180. The first-order chi connectivity index (χ1) is 21.7. The van der Waals surface area contributed by atoms with Gasteiger partial charge in [-0.1, -0.05) is 53.8 Å². The van der Waals surface area contributed by atoms with E-state index in [1.807, 2.05) is 57.2 Å². The molecule has 0 unspecified atom stereocenters. The van der Waals surface area contributed by atoms with Gasteiger partial charge in [0.1, 0.15) is 23.3 Å². The highest BCUT2D eigenvalue weighted by atomic mass is 32.1. The molecule has 9 nitrogen and oxygen atoms in total. The number of ether oxygens (including phenoxy) is 1. The number of thiazole rings is 1. The molecular weight excluding hydrogens is 590 g/mol. The number of amides is 1. The molecule has 0 bridgehead atoms. The predicted octanol–water partition coefficient (Wildman–Crippen LogP) is 5.22. The van der Waals surface area contributed by atoms with Crippen molar-refractivity contribution in [3.63, 3.8) is 0 Å². The van der Waals surface area contributed by atoms with E-state index in [1.165, 1.54) is 23.5 Å². The van der Waals surface area contributed by atoms with Gasteiger partial charge < -0.3 is 19.2 Å². The van der Waals surface area contributed by atoms with Gasteiger partial charge in [-0.2, -0.15) is 0 Å². The van der Waals surface area contributed by atoms with Gasteiger partial charge in [0.05, 0.1) is 28.5 Å². The fraction of sp³-hybridized carbons (Fsp3) is 0.200. The van der Waals surface area contributed by atoms with Gasteiger partial charge >= 0.3 is 5.97 Å². The van der Waals surface area contributed by atoms with Crippen molar-refractivity contribution in [1.29, 1.82) is 0 Å². The van der Waals surface area contributed by atoms with E-state index in [2.05, 4.69) is 0 Å². The Hall–Kier alpha value is -5.22. The van der Waals surface area contributed by atoms with E-state index in [1.54, 1.807) is 46.9 Å². The minimum Gasteiger partial charge on any atom is -0.496 e. The van der Waals surface area contributed by atoms with Gasteiger partial charge in [-0.05, 0) is 61.9 Å². The second-order valence-electron chi connectivity index (χ2n) is 10.5. The minimum atomic E-state index is -1.03. The van der Waals surface area contributed by atoms with Crippen LogP contribution in [0.1, 0.15) is 48.5 Å². The summed E-state index contributed by atoms with van der Waals surface area (Å²) in [6.07, 6.45) is 1.65. The summed E-state index contributed by atoms with van der Waals surface area (Å²) in [5.41, 5.74) is 2.11. The summed E-state index contributed by atoms with van der Waals surface area (Å²) in [6, 6.07) is 20.8. The van der Waals surface area contributed by atoms with Crippen LogP contribution >= 0.6 is 11.3 Å². The Morgan fingerprint density at radius 2 is 1.84 bits per heavy atom. The Balaban J connectivity index is 1.56. The molecule has 0 aliphatic carbocycles. The number of rotatable bonds is 8. The molecule has 1 N–H and O–H groups in total. The number of fused-ring (bicyclic) bond motifs is 2. The molecule has 1 aliphatic rings. The maximum Gasteiger partial charge on any atom is 0.335 e. The fourth-order valence-electron chi connectivity index (χ4n) is 5.81. The molecule has 0 saturated carbocycles.